The molecule has 0 radical (unpaired) electrons. The number of nitrogens with zero attached hydrogens (tertiary/aromatic N) is 1. The molecule has 1 aliphatic heterocycles. The van der Waals surface area contributed by atoms with Gasteiger partial charge in [-0.2, -0.15) is 0 Å². The summed E-state index contributed by atoms with van der Waals surface area (Å²) in [5.41, 5.74) is 1.97. The predicted octanol–water partition coefficient (Wildman–Crippen LogP) is 5.97. The molecule has 2 atom stereocenters. The zero-order chi connectivity index (χ0) is 21.8. The minimum atomic E-state index is -0.195. The molecule has 2 aromatic rings. The SMILES string of the molecule is C[C@@H](N[C@@H](CC(=O)ON1C(C)(C)CCCC1(C)C)c1ccccc1)c1ccccc1. The minimum absolute atomic E-state index is 0.118. The molecule has 0 amide bonds. The molecule has 4 heteroatoms. The molecule has 0 saturated carbocycles. The van der Waals surface area contributed by atoms with Crippen molar-refractivity contribution in [3.05, 3.63) is 71.8 Å². The molecule has 0 aliphatic carbocycles. The summed E-state index contributed by atoms with van der Waals surface area (Å²) in [5.74, 6) is -0.195. The molecule has 162 valence electrons. The monoisotopic (exact) mass is 408 g/mol. The lowest BCUT2D eigenvalue weighted by Crippen LogP contribution is -2.58. The quantitative estimate of drug-likeness (QED) is 0.613. The standard InChI is InChI=1S/C26H36N2O2/c1-20(21-13-8-6-9-14-21)27-23(22-15-10-7-11-16-22)19-24(29)30-28-25(2,3)17-12-18-26(28,4)5/h6-11,13-16,20,23,27H,12,17-19H2,1-5H3/t20-,23+/m1/s1. The number of hydroxylamine groups is 2. The van der Waals surface area contributed by atoms with E-state index in [9.17, 15) is 4.79 Å². The maximum Gasteiger partial charge on any atom is 0.327 e. The molecule has 30 heavy (non-hydrogen) atoms. The highest BCUT2D eigenvalue weighted by Gasteiger charge is 2.44. The fourth-order valence-electron chi connectivity index (χ4n) is 4.63. The van der Waals surface area contributed by atoms with E-state index in [4.69, 9.17) is 4.84 Å². The second-order valence-electron chi connectivity index (χ2n) is 9.70. The molecule has 0 bridgehead atoms. The summed E-state index contributed by atoms with van der Waals surface area (Å²) >= 11 is 0. The first-order valence-electron chi connectivity index (χ1n) is 11.1. The van der Waals surface area contributed by atoms with Crippen LogP contribution in [0.1, 0.15) is 83.5 Å². The van der Waals surface area contributed by atoms with Crippen LogP contribution in [-0.4, -0.2) is 22.1 Å². The number of hydrogen-bond acceptors (Lipinski definition) is 4. The Hall–Kier alpha value is -2.17. The first-order valence-corrected chi connectivity index (χ1v) is 11.1. The van der Waals surface area contributed by atoms with Crippen LogP contribution in [-0.2, 0) is 9.63 Å². The molecule has 0 spiro atoms. The number of nitrogens with one attached hydrogen (secondary N) is 1. The van der Waals surface area contributed by atoms with Gasteiger partial charge in [-0.25, -0.2) is 0 Å². The van der Waals surface area contributed by atoms with Gasteiger partial charge in [-0.1, -0.05) is 60.7 Å². The maximum atomic E-state index is 13.1. The van der Waals surface area contributed by atoms with Crippen LogP contribution in [0.3, 0.4) is 0 Å². The summed E-state index contributed by atoms with van der Waals surface area (Å²) in [7, 11) is 0. The smallest absolute Gasteiger partial charge is 0.327 e. The van der Waals surface area contributed by atoms with E-state index < -0.39 is 0 Å². The van der Waals surface area contributed by atoms with E-state index in [1.807, 2.05) is 41.5 Å². The number of carbonyl (C=O) groups excluding carboxylic acids is 1. The molecular formula is C26H36N2O2. The Morgan fingerprint density at radius 1 is 0.933 bits per heavy atom. The Morgan fingerprint density at radius 2 is 1.43 bits per heavy atom. The largest absolute Gasteiger partial charge is 0.367 e. The third kappa shape index (κ3) is 5.50. The Labute approximate surface area is 181 Å². The van der Waals surface area contributed by atoms with Gasteiger partial charge in [-0.3, -0.25) is 4.79 Å². The van der Waals surface area contributed by atoms with Gasteiger partial charge < -0.3 is 10.2 Å². The summed E-state index contributed by atoms with van der Waals surface area (Å²) in [6.07, 6.45) is 3.48. The normalized spacial score (nSPS) is 20.3. The fourth-order valence-corrected chi connectivity index (χ4v) is 4.63. The summed E-state index contributed by atoms with van der Waals surface area (Å²) < 4.78 is 0. The van der Waals surface area contributed by atoms with Crippen molar-refractivity contribution in [3.8, 4) is 0 Å². The Balaban J connectivity index is 1.75. The average Bonchev–Trinajstić information content (AvgIpc) is 2.71. The van der Waals surface area contributed by atoms with Crippen LogP contribution in [0.5, 0.6) is 0 Å². The van der Waals surface area contributed by atoms with E-state index in [1.165, 1.54) is 5.56 Å². The van der Waals surface area contributed by atoms with Gasteiger partial charge >= 0.3 is 5.97 Å². The second-order valence-corrected chi connectivity index (χ2v) is 9.70. The van der Waals surface area contributed by atoms with Crippen molar-refractivity contribution in [1.82, 2.24) is 10.4 Å². The first-order chi connectivity index (χ1) is 14.2. The van der Waals surface area contributed by atoms with Gasteiger partial charge in [0.2, 0.25) is 0 Å². The van der Waals surface area contributed by atoms with E-state index in [0.29, 0.717) is 0 Å². The van der Waals surface area contributed by atoms with E-state index in [2.05, 4.69) is 64.2 Å². The number of carbonyl (C=O) groups is 1. The van der Waals surface area contributed by atoms with Crippen molar-refractivity contribution in [3.63, 3.8) is 0 Å². The van der Waals surface area contributed by atoms with Crippen LogP contribution in [0, 0.1) is 0 Å². The summed E-state index contributed by atoms with van der Waals surface area (Å²) in [6, 6.07) is 20.5. The van der Waals surface area contributed by atoms with Gasteiger partial charge in [-0.15, -0.1) is 5.06 Å². The lowest BCUT2D eigenvalue weighted by atomic mass is 9.82. The molecule has 1 heterocycles. The van der Waals surface area contributed by atoms with Crippen molar-refractivity contribution >= 4 is 5.97 Å². The predicted molar refractivity (Wildman–Crippen MR) is 122 cm³/mol. The molecule has 1 saturated heterocycles. The summed E-state index contributed by atoms with van der Waals surface area (Å²) in [6.45, 7) is 10.8. The van der Waals surface area contributed by atoms with Crippen LogP contribution in [0.2, 0.25) is 0 Å². The zero-order valence-electron chi connectivity index (χ0n) is 19.0. The summed E-state index contributed by atoms with van der Waals surface area (Å²) in [4.78, 5) is 19.1. The van der Waals surface area contributed by atoms with Crippen molar-refractivity contribution in [2.45, 2.75) is 83.5 Å². The van der Waals surface area contributed by atoms with E-state index in [0.717, 1.165) is 24.8 Å². The third-order valence-corrected chi connectivity index (χ3v) is 6.19. The number of hydrogen-bond donors (Lipinski definition) is 1. The van der Waals surface area contributed by atoms with E-state index >= 15 is 0 Å². The van der Waals surface area contributed by atoms with Gasteiger partial charge in [0.05, 0.1) is 17.5 Å². The topological polar surface area (TPSA) is 41.6 Å². The molecule has 0 unspecified atom stereocenters. The number of rotatable bonds is 7. The highest BCUT2D eigenvalue weighted by atomic mass is 16.7. The molecule has 3 rings (SSSR count). The lowest BCUT2D eigenvalue weighted by molar-refractivity contribution is -0.266. The fraction of sp³-hybridized carbons (Fsp3) is 0.500. The van der Waals surface area contributed by atoms with Crippen LogP contribution >= 0.6 is 0 Å². The van der Waals surface area contributed by atoms with Gasteiger partial charge in [-0.05, 0) is 65.0 Å². The number of piperidine rings is 1. The van der Waals surface area contributed by atoms with Crippen LogP contribution in [0.4, 0.5) is 0 Å². The van der Waals surface area contributed by atoms with Gasteiger partial charge in [0.15, 0.2) is 0 Å². The van der Waals surface area contributed by atoms with Crippen LogP contribution in [0.25, 0.3) is 0 Å². The molecule has 1 fully saturated rings. The van der Waals surface area contributed by atoms with E-state index in [1.54, 1.807) is 0 Å². The molecule has 0 aromatic heterocycles. The molecule has 1 aliphatic rings. The van der Waals surface area contributed by atoms with Crippen LogP contribution < -0.4 is 5.32 Å². The van der Waals surface area contributed by atoms with Gasteiger partial charge in [0.1, 0.15) is 0 Å². The highest BCUT2D eigenvalue weighted by molar-refractivity contribution is 5.70. The van der Waals surface area contributed by atoms with Gasteiger partial charge in [0.25, 0.3) is 0 Å². The van der Waals surface area contributed by atoms with Crippen molar-refractivity contribution in [1.29, 1.82) is 0 Å². The van der Waals surface area contributed by atoms with Gasteiger partial charge in [0, 0.05) is 12.1 Å². The highest BCUT2D eigenvalue weighted by Crippen LogP contribution is 2.38. The minimum Gasteiger partial charge on any atom is -0.367 e. The first kappa shape index (κ1) is 22.5. The third-order valence-electron chi connectivity index (χ3n) is 6.19. The Bertz CT molecular complexity index is 801. The van der Waals surface area contributed by atoms with Crippen molar-refractivity contribution < 1.29 is 9.63 Å². The lowest BCUT2D eigenvalue weighted by Gasteiger charge is -2.50. The van der Waals surface area contributed by atoms with Crippen molar-refractivity contribution in [2.24, 2.45) is 0 Å². The van der Waals surface area contributed by atoms with E-state index in [-0.39, 0.29) is 35.6 Å². The second kappa shape index (κ2) is 9.32. The van der Waals surface area contributed by atoms with Crippen molar-refractivity contribution in [2.75, 3.05) is 0 Å². The average molecular weight is 409 g/mol. The molecule has 4 nitrogen and oxygen atoms in total. The zero-order valence-corrected chi connectivity index (χ0v) is 19.0. The molecular weight excluding hydrogens is 372 g/mol. The Kier molecular flexibility index (Phi) is 6.99. The summed E-state index contributed by atoms with van der Waals surface area (Å²) in [5, 5.41) is 5.58. The number of benzene rings is 2. The Morgan fingerprint density at radius 3 is 1.97 bits per heavy atom. The maximum absolute atomic E-state index is 13.1. The molecule has 2 aromatic carbocycles. The molecule has 1 N–H and O–H groups in total. The van der Waals surface area contributed by atoms with Crippen LogP contribution in [0.15, 0.2) is 60.7 Å².